The van der Waals surface area contributed by atoms with Crippen LogP contribution in [-0.2, 0) is 9.47 Å². The van der Waals surface area contributed by atoms with E-state index in [2.05, 4.69) is 25.3 Å². The number of anilines is 3. The van der Waals surface area contributed by atoms with Crippen LogP contribution in [0.5, 0.6) is 0 Å². The van der Waals surface area contributed by atoms with E-state index in [1.54, 1.807) is 6.21 Å². The second-order valence-corrected chi connectivity index (χ2v) is 8.07. The van der Waals surface area contributed by atoms with Crippen LogP contribution in [0, 0.1) is 0 Å². The Morgan fingerprint density at radius 1 is 0.909 bits per heavy atom. The van der Waals surface area contributed by atoms with Crippen LogP contribution in [0.15, 0.2) is 52.0 Å². The lowest BCUT2D eigenvalue weighted by molar-refractivity contribution is 0.121. The van der Waals surface area contributed by atoms with E-state index in [1.807, 2.05) is 42.5 Å². The lowest BCUT2D eigenvalue weighted by atomic mass is 10.2. The molecule has 5 rings (SSSR count). The van der Waals surface area contributed by atoms with E-state index >= 15 is 0 Å². The molecular formula is C23H25ClN6O3. The molecule has 2 aromatic heterocycles. The summed E-state index contributed by atoms with van der Waals surface area (Å²) in [5.74, 6) is 3.43. The molecule has 0 unspecified atom stereocenters. The summed E-state index contributed by atoms with van der Waals surface area (Å²) in [6.45, 7) is 5.79. The summed E-state index contributed by atoms with van der Waals surface area (Å²) >= 11 is 6.27. The molecule has 1 aromatic carbocycles. The van der Waals surface area contributed by atoms with Gasteiger partial charge in [-0.3, -0.25) is 5.43 Å². The van der Waals surface area contributed by atoms with Crippen LogP contribution >= 0.6 is 11.6 Å². The predicted octanol–water partition coefficient (Wildman–Crippen LogP) is 3.51. The van der Waals surface area contributed by atoms with Crippen molar-refractivity contribution in [2.75, 3.05) is 67.8 Å². The van der Waals surface area contributed by atoms with Crippen molar-refractivity contribution in [3.05, 3.63) is 53.2 Å². The minimum atomic E-state index is 0.605. The number of morpholine rings is 2. The first-order valence-corrected chi connectivity index (χ1v) is 11.3. The molecule has 33 heavy (non-hydrogen) atoms. The molecule has 0 aliphatic carbocycles. The van der Waals surface area contributed by atoms with Crippen molar-refractivity contribution >= 4 is 35.4 Å². The van der Waals surface area contributed by atoms with Crippen molar-refractivity contribution in [3.63, 3.8) is 0 Å². The summed E-state index contributed by atoms with van der Waals surface area (Å²) in [7, 11) is 0. The van der Waals surface area contributed by atoms with E-state index in [4.69, 9.17) is 30.5 Å². The zero-order chi connectivity index (χ0) is 22.5. The number of halogens is 1. The van der Waals surface area contributed by atoms with Gasteiger partial charge in [0, 0.05) is 37.8 Å². The monoisotopic (exact) mass is 468 g/mol. The third-order valence-corrected chi connectivity index (χ3v) is 5.80. The molecule has 0 atom stereocenters. The summed E-state index contributed by atoms with van der Waals surface area (Å²) in [4.78, 5) is 13.8. The minimum absolute atomic E-state index is 0.605. The minimum Gasteiger partial charge on any atom is -0.455 e. The second-order valence-electron chi connectivity index (χ2n) is 7.66. The zero-order valence-corrected chi connectivity index (χ0v) is 18.9. The molecule has 2 fully saturated rings. The molecule has 2 aliphatic rings. The second kappa shape index (κ2) is 10.2. The lowest BCUT2D eigenvalue weighted by Crippen LogP contribution is -2.39. The first kappa shape index (κ1) is 21.7. The molecule has 0 bridgehead atoms. The van der Waals surface area contributed by atoms with Gasteiger partial charge in [0.1, 0.15) is 17.3 Å². The maximum Gasteiger partial charge on any atom is 0.229 e. The number of ether oxygens (including phenoxy) is 2. The Hall–Kier alpha value is -3.14. The number of rotatable bonds is 6. The van der Waals surface area contributed by atoms with Crippen LogP contribution in [0.4, 0.5) is 17.6 Å². The van der Waals surface area contributed by atoms with Crippen molar-refractivity contribution in [1.29, 1.82) is 0 Å². The zero-order valence-electron chi connectivity index (χ0n) is 18.1. The number of aromatic nitrogens is 2. The number of hydrazone groups is 1. The van der Waals surface area contributed by atoms with Crippen LogP contribution in [0.25, 0.3) is 11.3 Å². The fourth-order valence-corrected chi connectivity index (χ4v) is 3.96. The third-order valence-electron chi connectivity index (χ3n) is 5.47. The van der Waals surface area contributed by atoms with Gasteiger partial charge in [-0.15, -0.1) is 0 Å². The van der Waals surface area contributed by atoms with E-state index in [0.717, 1.165) is 37.6 Å². The number of hydrogen-bond donors (Lipinski definition) is 1. The average molecular weight is 469 g/mol. The molecule has 2 saturated heterocycles. The molecule has 1 N–H and O–H groups in total. The summed E-state index contributed by atoms with van der Waals surface area (Å²) in [5.41, 5.74) is 3.87. The van der Waals surface area contributed by atoms with Crippen LogP contribution in [0.3, 0.4) is 0 Å². The predicted molar refractivity (Wildman–Crippen MR) is 128 cm³/mol. The van der Waals surface area contributed by atoms with Gasteiger partial charge in [-0.1, -0.05) is 23.7 Å². The average Bonchev–Trinajstić information content (AvgIpc) is 3.34. The van der Waals surface area contributed by atoms with E-state index < -0.39 is 0 Å². The maximum absolute atomic E-state index is 6.27. The number of nitrogens with zero attached hydrogens (tertiary/aromatic N) is 5. The van der Waals surface area contributed by atoms with Gasteiger partial charge in [-0.2, -0.15) is 15.1 Å². The van der Waals surface area contributed by atoms with Crippen LogP contribution < -0.4 is 15.2 Å². The van der Waals surface area contributed by atoms with Gasteiger partial charge < -0.3 is 23.7 Å². The molecule has 0 saturated carbocycles. The van der Waals surface area contributed by atoms with E-state index in [1.165, 1.54) is 0 Å². The van der Waals surface area contributed by atoms with Gasteiger partial charge in [-0.05, 0) is 24.3 Å². The summed E-state index contributed by atoms with van der Waals surface area (Å²) in [6.07, 6.45) is 1.62. The first-order valence-electron chi connectivity index (χ1n) is 10.9. The molecule has 4 heterocycles. The Balaban J connectivity index is 1.34. The molecule has 0 radical (unpaired) electrons. The fraction of sp³-hybridized carbons (Fsp3) is 0.348. The Morgan fingerprint density at radius 3 is 2.39 bits per heavy atom. The number of hydrogen-bond acceptors (Lipinski definition) is 9. The molecule has 9 nitrogen and oxygen atoms in total. The smallest absolute Gasteiger partial charge is 0.229 e. The van der Waals surface area contributed by atoms with Crippen LogP contribution in [0.2, 0.25) is 5.02 Å². The third kappa shape index (κ3) is 5.27. The van der Waals surface area contributed by atoms with Gasteiger partial charge >= 0.3 is 0 Å². The maximum atomic E-state index is 6.27. The highest BCUT2D eigenvalue weighted by Crippen LogP contribution is 2.28. The summed E-state index contributed by atoms with van der Waals surface area (Å²) in [5, 5.41) is 4.97. The number of nitrogens with one attached hydrogen (secondary N) is 1. The van der Waals surface area contributed by atoms with E-state index in [9.17, 15) is 0 Å². The molecule has 3 aromatic rings. The molecule has 0 spiro atoms. The van der Waals surface area contributed by atoms with Crippen molar-refractivity contribution in [2.45, 2.75) is 0 Å². The van der Waals surface area contributed by atoms with Crippen molar-refractivity contribution in [1.82, 2.24) is 9.97 Å². The van der Waals surface area contributed by atoms with Crippen molar-refractivity contribution in [2.24, 2.45) is 5.10 Å². The standard InChI is InChI=1S/C23H25ClN6O3/c24-19-4-2-1-3-18(19)20-6-5-17(33-20)16-25-28-21-15-22(29-7-11-31-12-8-29)27-23(26-21)30-9-13-32-14-10-30/h1-6,15-16H,7-14H2,(H,26,27,28)/b25-16+. The Kier molecular flexibility index (Phi) is 6.71. The molecule has 0 amide bonds. The highest BCUT2D eigenvalue weighted by Gasteiger charge is 2.19. The quantitative estimate of drug-likeness (QED) is 0.434. The van der Waals surface area contributed by atoms with E-state index in [0.29, 0.717) is 54.7 Å². The highest BCUT2D eigenvalue weighted by molar-refractivity contribution is 6.33. The molecule has 172 valence electrons. The molecular weight excluding hydrogens is 444 g/mol. The van der Waals surface area contributed by atoms with Gasteiger partial charge in [0.25, 0.3) is 0 Å². The SMILES string of the molecule is Clc1ccccc1-c1ccc(/C=N/Nc2cc(N3CCOCC3)nc(N3CCOCC3)n2)o1. The van der Waals surface area contributed by atoms with Crippen molar-refractivity contribution < 1.29 is 13.9 Å². The molecule has 2 aliphatic heterocycles. The molecule has 10 heteroatoms. The first-order chi connectivity index (χ1) is 16.3. The van der Waals surface area contributed by atoms with E-state index in [-0.39, 0.29) is 0 Å². The van der Waals surface area contributed by atoms with Gasteiger partial charge in [0.05, 0.1) is 37.7 Å². The highest BCUT2D eigenvalue weighted by atomic mass is 35.5. The normalized spacial score (nSPS) is 17.0. The van der Waals surface area contributed by atoms with Gasteiger partial charge in [0.15, 0.2) is 5.82 Å². The van der Waals surface area contributed by atoms with Crippen LogP contribution in [0.1, 0.15) is 5.76 Å². The number of furan rings is 1. The largest absolute Gasteiger partial charge is 0.455 e. The fourth-order valence-electron chi connectivity index (χ4n) is 3.73. The van der Waals surface area contributed by atoms with Crippen molar-refractivity contribution in [3.8, 4) is 11.3 Å². The van der Waals surface area contributed by atoms with Gasteiger partial charge in [-0.25, -0.2) is 0 Å². The Morgan fingerprint density at radius 2 is 1.64 bits per heavy atom. The topological polar surface area (TPSA) is 88.2 Å². The lowest BCUT2D eigenvalue weighted by Gasteiger charge is -2.31. The number of benzene rings is 1. The summed E-state index contributed by atoms with van der Waals surface area (Å²) in [6, 6.07) is 13.2. The summed E-state index contributed by atoms with van der Waals surface area (Å²) < 4.78 is 16.8. The Bertz CT molecular complexity index is 1070. The van der Waals surface area contributed by atoms with Crippen LogP contribution in [-0.4, -0.2) is 68.8 Å². The Labute approximate surface area is 197 Å². The van der Waals surface area contributed by atoms with Gasteiger partial charge in [0.2, 0.25) is 5.95 Å².